The van der Waals surface area contributed by atoms with Gasteiger partial charge >= 0.3 is 0 Å². The first-order valence-electron chi connectivity index (χ1n) is 5.71. The number of aromatic nitrogens is 2. The molecule has 3 N–H and O–H groups in total. The van der Waals surface area contributed by atoms with Crippen LogP contribution >= 0.6 is 0 Å². The van der Waals surface area contributed by atoms with Crippen molar-refractivity contribution >= 4 is 5.95 Å². The van der Waals surface area contributed by atoms with Crippen molar-refractivity contribution in [2.75, 3.05) is 18.5 Å². The molecule has 0 radical (unpaired) electrons. The highest BCUT2D eigenvalue weighted by Gasteiger charge is 2.01. The molecule has 1 aromatic carbocycles. The van der Waals surface area contributed by atoms with Gasteiger partial charge in [0, 0.05) is 24.5 Å². The minimum atomic E-state index is -0.456. The van der Waals surface area contributed by atoms with E-state index in [1.54, 1.807) is 24.5 Å². The number of hydrogen-bond donors (Lipinski definition) is 3. The van der Waals surface area contributed by atoms with Crippen LogP contribution in [0, 0.1) is 0 Å². The molecule has 0 spiro atoms. The molecule has 0 atom stereocenters. The molecular weight excluding hydrogens is 246 g/mol. The van der Waals surface area contributed by atoms with E-state index in [2.05, 4.69) is 15.3 Å². The average Bonchev–Trinajstić information content (AvgIpc) is 2.60. The molecule has 0 amide bonds. The Kier molecular flexibility index (Phi) is 4.04. The molecule has 0 saturated carbocycles. The number of aromatic hydroxyl groups is 1. The van der Waals surface area contributed by atoms with Gasteiger partial charge in [0.15, 0.2) is 5.75 Å². The summed E-state index contributed by atoms with van der Waals surface area (Å²) in [6.45, 7) is 0.372. The number of hydrogen-bond acceptors (Lipinski definition) is 6. The van der Waals surface area contributed by atoms with Crippen LogP contribution in [-0.2, 0) is 0 Å². The third-order valence-corrected chi connectivity index (χ3v) is 2.45. The maximum absolute atomic E-state index is 11.5. The Balaban J connectivity index is 2.30. The molecule has 0 fully saturated rings. The van der Waals surface area contributed by atoms with Gasteiger partial charge in [0.05, 0.1) is 6.61 Å². The molecule has 0 aliphatic carbocycles. The highest BCUT2D eigenvalue weighted by atomic mass is 16.3. The number of nitrogens with one attached hydrogen (secondary N) is 1. The predicted octanol–water partition coefficient (Wildman–Crippen LogP) is 0.614. The summed E-state index contributed by atoms with van der Waals surface area (Å²) < 4.78 is 0. The van der Waals surface area contributed by atoms with Gasteiger partial charge in [0.25, 0.3) is 0 Å². The van der Waals surface area contributed by atoms with Crippen LogP contribution in [0.1, 0.15) is 0 Å². The molecule has 98 valence electrons. The molecule has 0 aliphatic heterocycles. The Hall–Kier alpha value is -2.47. The molecule has 2 aromatic rings. The van der Waals surface area contributed by atoms with E-state index in [1.807, 2.05) is 0 Å². The van der Waals surface area contributed by atoms with E-state index < -0.39 is 5.43 Å². The molecule has 1 aromatic heterocycles. The SMILES string of the molecule is O=c1cc(-c2cnc(NCCO)nc2)cccc1O. The summed E-state index contributed by atoms with van der Waals surface area (Å²) >= 11 is 0. The Morgan fingerprint density at radius 1 is 1.16 bits per heavy atom. The smallest absolute Gasteiger partial charge is 0.222 e. The van der Waals surface area contributed by atoms with Crippen molar-refractivity contribution in [1.82, 2.24) is 9.97 Å². The second-order valence-corrected chi connectivity index (χ2v) is 3.82. The van der Waals surface area contributed by atoms with Crippen molar-refractivity contribution in [1.29, 1.82) is 0 Å². The summed E-state index contributed by atoms with van der Waals surface area (Å²) in [7, 11) is 0. The van der Waals surface area contributed by atoms with Gasteiger partial charge < -0.3 is 15.5 Å². The molecule has 0 saturated heterocycles. The zero-order chi connectivity index (χ0) is 13.7. The second kappa shape index (κ2) is 5.92. The van der Waals surface area contributed by atoms with Crippen LogP contribution in [-0.4, -0.2) is 33.3 Å². The zero-order valence-electron chi connectivity index (χ0n) is 10.1. The van der Waals surface area contributed by atoms with Crippen LogP contribution in [0.4, 0.5) is 5.95 Å². The predicted molar refractivity (Wildman–Crippen MR) is 71.0 cm³/mol. The number of nitrogens with zero attached hydrogens (tertiary/aromatic N) is 2. The van der Waals surface area contributed by atoms with Crippen LogP contribution < -0.4 is 10.7 Å². The minimum Gasteiger partial charge on any atom is -0.504 e. The van der Waals surface area contributed by atoms with Gasteiger partial charge in [-0.1, -0.05) is 12.1 Å². The van der Waals surface area contributed by atoms with E-state index in [1.165, 1.54) is 12.1 Å². The van der Waals surface area contributed by atoms with Crippen LogP contribution in [0.15, 0.2) is 41.5 Å². The Labute approximate surface area is 109 Å². The summed E-state index contributed by atoms with van der Waals surface area (Å²) in [4.78, 5) is 19.6. The molecule has 19 heavy (non-hydrogen) atoms. The van der Waals surface area contributed by atoms with Gasteiger partial charge in [-0.15, -0.1) is 0 Å². The van der Waals surface area contributed by atoms with Gasteiger partial charge in [-0.05, 0) is 17.7 Å². The minimum absolute atomic E-state index is 0.00154. The van der Waals surface area contributed by atoms with E-state index >= 15 is 0 Å². The third kappa shape index (κ3) is 3.26. The van der Waals surface area contributed by atoms with Gasteiger partial charge in [-0.3, -0.25) is 4.79 Å². The van der Waals surface area contributed by atoms with Crippen molar-refractivity contribution in [2.24, 2.45) is 0 Å². The Bertz CT molecular complexity index is 614. The largest absolute Gasteiger partial charge is 0.504 e. The summed E-state index contributed by atoms with van der Waals surface area (Å²) in [5, 5.41) is 20.8. The second-order valence-electron chi connectivity index (χ2n) is 3.82. The third-order valence-electron chi connectivity index (χ3n) is 2.45. The average molecular weight is 259 g/mol. The Morgan fingerprint density at radius 3 is 2.58 bits per heavy atom. The number of rotatable bonds is 4. The van der Waals surface area contributed by atoms with Gasteiger partial charge in [0.2, 0.25) is 11.4 Å². The van der Waals surface area contributed by atoms with Gasteiger partial charge in [0.1, 0.15) is 0 Å². The van der Waals surface area contributed by atoms with Gasteiger partial charge in [-0.25, -0.2) is 9.97 Å². The maximum atomic E-state index is 11.5. The topological polar surface area (TPSA) is 95.3 Å². The van der Waals surface area contributed by atoms with E-state index in [-0.39, 0.29) is 12.4 Å². The summed E-state index contributed by atoms with van der Waals surface area (Å²) in [5.74, 6) is 0.108. The van der Waals surface area contributed by atoms with Gasteiger partial charge in [-0.2, -0.15) is 0 Å². The molecule has 0 bridgehead atoms. The van der Waals surface area contributed by atoms with Crippen LogP contribution in [0.2, 0.25) is 0 Å². The number of aliphatic hydroxyl groups excluding tert-OH is 1. The first-order chi connectivity index (χ1) is 9.20. The standard InChI is InChI=1S/C13H13N3O3/c17-5-4-14-13-15-7-10(8-16-13)9-2-1-3-11(18)12(19)6-9/h1-3,6-8,17H,4-5H2,(H,18,19)(H,14,15,16). The first kappa shape index (κ1) is 13.0. The van der Waals surface area contributed by atoms with Crippen molar-refractivity contribution in [3.8, 4) is 16.9 Å². The lowest BCUT2D eigenvalue weighted by atomic mass is 10.1. The van der Waals surface area contributed by atoms with Crippen LogP contribution in [0.3, 0.4) is 0 Å². The summed E-state index contributed by atoms with van der Waals surface area (Å²) in [6.07, 6.45) is 3.14. The number of aliphatic hydroxyl groups is 1. The van der Waals surface area contributed by atoms with Crippen LogP contribution in [0.25, 0.3) is 11.1 Å². The molecule has 2 rings (SSSR count). The zero-order valence-corrected chi connectivity index (χ0v) is 10.1. The normalized spacial score (nSPS) is 10.2. The Morgan fingerprint density at radius 2 is 1.89 bits per heavy atom. The molecule has 6 heteroatoms. The summed E-state index contributed by atoms with van der Waals surface area (Å²) in [6, 6.07) is 5.95. The lowest BCUT2D eigenvalue weighted by molar-refractivity contribution is 0.311. The van der Waals surface area contributed by atoms with Crippen molar-refractivity contribution in [2.45, 2.75) is 0 Å². The fourth-order valence-corrected chi connectivity index (χ4v) is 1.50. The highest BCUT2D eigenvalue weighted by Crippen LogP contribution is 2.16. The van der Waals surface area contributed by atoms with Crippen molar-refractivity contribution in [3.63, 3.8) is 0 Å². The quantitative estimate of drug-likeness (QED) is 0.744. The fraction of sp³-hybridized carbons (Fsp3) is 0.154. The van der Waals surface area contributed by atoms with Crippen LogP contribution in [0.5, 0.6) is 5.75 Å². The van der Waals surface area contributed by atoms with Crippen molar-refractivity contribution < 1.29 is 10.2 Å². The van der Waals surface area contributed by atoms with E-state index in [0.29, 0.717) is 23.6 Å². The molecular formula is C13H13N3O3. The monoisotopic (exact) mass is 259 g/mol. The summed E-state index contributed by atoms with van der Waals surface area (Å²) in [5.41, 5.74) is 0.837. The van der Waals surface area contributed by atoms with E-state index in [0.717, 1.165) is 0 Å². The molecule has 1 heterocycles. The molecule has 0 aliphatic rings. The maximum Gasteiger partial charge on any atom is 0.222 e. The lowest BCUT2D eigenvalue weighted by Gasteiger charge is -2.03. The van der Waals surface area contributed by atoms with E-state index in [4.69, 9.17) is 5.11 Å². The van der Waals surface area contributed by atoms with E-state index in [9.17, 15) is 9.90 Å². The fourth-order valence-electron chi connectivity index (χ4n) is 1.50. The molecule has 6 nitrogen and oxygen atoms in total. The molecule has 0 unspecified atom stereocenters. The lowest BCUT2D eigenvalue weighted by Crippen LogP contribution is -2.08. The highest BCUT2D eigenvalue weighted by molar-refractivity contribution is 5.61. The van der Waals surface area contributed by atoms with Crippen molar-refractivity contribution in [3.05, 3.63) is 46.9 Å². The number of anilines is 1. The first-order valence-corrected chi connectivity index (χ1v) is 5.71.